The van der Waals surface area contributed by atoms with E-state index in [2.05, 4.69) is 23.2 Å². The minimum atomic E-state index is -0.856. The lowest BCUT2D eigenvalue weighted by Crippen LogP contribution is -1.99. The summed E-state index contributed by atoms with van der Waals surface area (Å²) in [7, 11) is 0. The van der Waals surface area contributed by atoms with Crippen molar-refractivity contribution in [2.45, 2.75) is 25.8 Å². The number of aryl methyl sites for hydroxylation is 2. The Balaban J connectivity index is 1.72. The molecule has 2 nitrogen and oxygen atoms in total. The number of aromatic nitrogens is 2. The van der Waals surface area contributed by atoms with Crippen LogP contribution < -0.4 is 0 Å². The van der Waals surface area contributed by atoms with Gasteiger partial charge in [-0.15, -0.1) is 0 Å². The largest absolute Gasteiger partial charge is 0.326 e. The Morgan fingerprint density at radius 1 is 1.00 bits per heavy atom. The van der Waals surface area contributed by atoms with Crippen LogP contribution in [0.4, 0.5) is 8.78 Å². The van der Waals surface area contributed by atoms with E-state index >= 15 is 0 Å². The van der Waals surface area contributed by atoms with Gasteiger partial charge in [-0.2, -0.15) is 0 Å². The maximum Gasteiger partial charge on any atom is 0.161 e. The lowest BCUT2D eigenvalue weighted by Gasteiger charge is -2.07. The average molecular weight is 284 g/mol. The highest BCUT2D eigenvalue weighted by Crippen LogP contribution is 2.24. The molecule has 0 bridgehead atoms. The summed E-state index contributed by atoms with van der Waals surface area (Å²) < 4.78 is 28.5. The van der Waals surface area contributed by atoms with E-state index in [0.29, 0.717) is 17.6 Å². The zero-order valence-corrected chi connectivity index (χ0v) is 11.4. The molecule has 4 heteroatoms. The summed E-state index contributed by atoms with van der Waals surface area (Å²) in [4.78, 5) is 4.15. The molecule has 0 saturated carbocycles. The summed E-state index contributed by atoms with van der Waals surface area (Å²) >= 11 is 0. The van der Waals surface area contributed by atoms with E-state index in [1.807, 2.05) is 4.57 Å². The van der Waals surface area contributed by atoms with E-state index < -0.39 is 11.6 Å². The van der Waals surface area contributed by atoms with Crippen molar-refractivity contribution in [3.8, 4) is 0 Å². The zero-order valence-electron chi connectivity index (χ0n) is 11.4. The molecule has 0 amide bonds. The van der Waals surface area contributed by atoms with Gasteiger partial charge in [-0.25, -0.2) is 13.8 Å². The first-order chi connectivity index (χ1) is 10.2. The van der Waals surface area contributed by atoms with Crippen molar-refractivity contribution in [1.82, 2.24) is 9.55 Å². The molecule has 0 unspecified atom stereocenters. The highest BCUT2D eigenvalue weighted by atomic mass is 19.2. The van der Waals surface area contributed by atoms with Gasteiger partial charge >= 0.3 is 0 Å². The maximum atomic E-state index is 13.4. The van der Waals surface area contributed by atoms with Crippen LogP contribution in [0, 0.1) is 11.6 Å². The van der Waals surface area contributed by atoms with E-state index in [9.17, 15) is 8.78 Å². The zero-order chi connectivity index (χ0) is 14.4. The molecule has 0 aliphatic heterocycles. The third kappa shape index (κ3) is 2.11. The molecule has 106 valence electrons. The minimum absolute atomic E-state index is 0.482. The van der Waals surface area contributed by atoms with Gasteiger partial charge in [-0.3, -0.25) is 0 Å². The summed E-state index contributed by atoms with van der Waals surface area (Å²) in [5.41, 5.74) is 5.11. The fraction of sp³-hybridized carbons (Fsp3) is 0.235. The molecule has 0 fully saturated rings. The summed E-state index contributed by atoms with van der Waals surface area (Å²) in [6.07, 6.45) is 5.15. The highest BCUT2D eigenvalue weighted by molar-refractivity contribution is 5.75. The van der Waals surface area contributed by atoms with Crippen molar-refractivity contribution in [3.63, 3.8) is 0 Å². The van der Waals surface area contributed by atoms with E-state index in [-0.39, 0.29) is 0 Å². The third-order valence-electron chi connectivity index (χ3n) is 4.18. The van der Waals surface area contributed by atoms with Crippen LogP contribution in [0.1, 0.15) is 23.1 Å². The molecule has 21 heavy (non-hydrogen) atoms. The van der Waals surface area contributed by atoms with Crippen LogP contribution in [0.15, 0.2) is 36.7 Å². The first-order valence-corrected chi connectivity index (χ1v) is 7.11. The molecule has 0 radical (unpaired) electrons. The molecule has 3 aromatic rings. The minimum Gasteiger partial charge on any atom is -0.326 e. The molecule has 1 heterocycles. The van der Waals surface area contributed by atoms with Crippen LogP contribution in [0.2, 0.25) is 0 Å². The molecular formula is C17H14F2N2. The fourth-order valence-corrected chi connectivity index (χ4v) is 3.10. The number of rotatable bonds is 2. The summed E-state index contributed by atoms with van der Waals surface area (Å²) in [6, 6.07) is 8.86. The Kier molecular flexibility index (Phi) is 2.77. The quantitative estimate of drug-likeness (QED) is 0.699. The van der Waals surface area contributed by atoms with Gasteiger partial charge < -0.3 is 4.57 Å². The number of halogens is 2. The van der Waals surface area contributed by atoms with E-state index in [1.165, 1.54) is 29.2 Å². The molecule has 1 aromatic heterocycles. The van der Waals surface area contributed by atoms with Gasteiger partial charge in [0.05, 0.1) is 17.4 Å². The summed E-state index contributed by atoms with van der Waals surface area (Å²) in [5, 5.41) is 0. The van der Waals surface area contributed by atoms with E-state index in [0.717, 1.165) is 18.9 Å². The molecule has 2 aromatic carbocycles. The first-order valence-electron chi connectivity index (χ1n) is 7.11. The van der Waals surface area contributed by atoms with Crippen LogP contribution in [0.25, 0.3) is 11.0 Å². The van der Waals surface area contributed by atoms with Crippen molar-refractivity contribution in [2.75, 3.05) is 0 Å². The van der Waals surface area contributed by atoms with Gasteiger partial charge in [-0.1, -0.05) is 18.2 Å². The lowest BCUT2D eigenvalue weighted by molar-refractivity contribution is 0.510. The second kappa shape index (κ2) is 4.65. The monoisotopic (exact) mass is 284 g/mol. The molecule has 0 spiro atoms. The Bertz CT molecular complexity index is 836. The predicted molar refractivity (Wildman–Crippen MR) is 77.2 cm³/mol. The number of imidazole rings is 1. The van der Waals surface area contributed by atoms with Gasteiger partial charge in [-0.05, 0) is 36.0 Å². The molecular weight excluding hydrogens is 270 g/mol. The molecule has 4 rings (SSSR count). The van der Waals surface area contributed by atoms with Gasteiger partial charge in [0, 0.05) is 18.7 Å². The molecule has 1 aliphatic rings. The maximum absolute atomic E-state index is 13.4. The smallest absolute Gasteiger partial charge is 0.161 e. The van der Waals surface area contributed by atoms with E-state index in [1.54, 1.807) is 6.33 Å². The van der Waals surface area contributed by atoms with Crippen molar-refractivity contribution in [3.05, 3.63) is 65.0 Å². The average Bonchev–Trinajstić information content (AvgIpc) is 3.07. The number of hydrogen-bond acceptors (Lipinski definition) is 1. The van der Waals surface area contributed by atoms with Crippen molar-refractivity contribution >= 4 is 11.0 Å². The van der Waals surface area contributed by atoms with Gasteiger partial charge in [0.2, 0.25) is 0 Å². The SMILES string of the molecule is Fc1cc2ncn(Cc3ccc4c(c3)CCC4)c2cc1F. The summed E-state index contributed by atoms with van der Waals surface area (Å²) in [5.74, 6) is -1.69. The number of benzene rings is 2. The van der Waals surface area contributed by atoms with Crippen LogP contribution >= 0.6 is 0 Å². The third-order valence-corrected chi connectivity index (χ3v) is 4.18. The number of fused-ring (bicyclic) bond motifs is 2. The fourth-order valence-electron chi connectivity index (χ4n) is 3.10. The normalized spacial score (nSPS) is 13.8. The number of nitrogens with zero attached hydrogens (tertiary/aromatic N) is 2. The van der Waals surface area contributed by atoms with Gasteiger partial charge in [0.1, 0.15) is 0 Å². The predicted octanol–water partition coefficient (Wildman–Crippen LogP) is 3.85. The molecule has 0 atom stereocenters. The Morgan fingerprint density at radius 2 is 1.81 bits per heavy atom. The van der Waals surface area contributed by atoms with Gasteiger partial charge in [0.25, 0.3) is 0 Å². The van der Waals surface area contributed by atoms with E-state index in [4.69, 9.17) is 0 Å². The number of hydrogen-bond donors (Lipinski definition) is 0. The van der Waals surface area contributed by atoms with Crippen molar-refractivity contribution in [2.24, 2.45) is 0 Å². The van der Waals surface area contributed by atoms with Crippen LogP contribution in [0.3, 0.4) is 0 Å². The van der Waals surface area contributed by atoms with Crippen LogP contribution in [-0.2, 0) is 19.4 Å². The first kappa shape index (κ1) is 12.5. The second-order valence-corrected chi connectivity index (χ2v) is 5.58. The lowest BCUT2D eigenvalue weighted by atomic mass is 10.1. The standard InChI is InChI=1S/C17H14F2N2/c18-14-7-16-17(8-15(14)19)21(10-20-16)9-11-4-5-12-2-1-3-13(12)6-11/h4-8,10H,1-3,9H2. The Morgan fingerprint density at radius 3 is 2.71 bits per heavy atom. The van der Waals surface area contributed by atoms with Crippen molar-refractivity contribution < 1.29 is 8.78 Å². The van der Waals surface area contributed by atoms with Crippen LogP contribution in [0.5, 0.6) is 0 Å². The van der Waals surface area contributed by atoms with Crippen molar-refractivity contribution in [1.29, 1.82) is 0 Å². The highest BCUT2D eigenvalue weighted by Gasteiger charge is 2.12. The molecule has 0 saturated heterocycles. The second-order valence-electron chi connectivity index (χ2n) is 5.58. The Labute approximate surface area is 121 Å². The Hall–Kier alpha value is -2.23. The molecule has 0 N–H and O–H groups in total. The van der Waals surface area contributed by atoms with Gasteiger partial charge in [0.15, 0.2) is 11.6 Å². The topological polar surface area (TPSA) is 17.8 Å². The van der Waals surface area contributed by atoms with Crippen LogP contribution in [-0.4, -0.2) is 9.55 Å². The molecule has 1 aliphatic carbocycles. The summed E-state index contributed by atoms with van der Waals surface area (Å²) in [6.45, 7) is 0.620.